The third-order valence-electron chi connectivity index (χ3n) is 7.16. The minimum Gasteiger partial charge on any atom is -0.462 e. The van der Waals surface area contributed by atoms with Gasteiger partial charge in [-0.15, -0.1) is 0 Å². The lowest BCUT2D eigenvalue weighted by molar-refractivity contribution is -0.165. The summed E-state index contributed by atoms with van der Waals surface area (Å²) in [4.78, 5) is 38.9. The fourth-order valence-electron chi connectivity index (χ4n) is 4.14. The van der Waals surface area contributed by atoms with Gasteiger partial charge in [-0.05, 0) is 46.2 Å². The molecular weight excluding hydrogens is 480 g/mol. The van der Waals surface area contributed by atoms with E-state index in [0.717, 1.165) is 0 Å². The summed E-state index contributed by atoms with van der Waals surface area (Å²) >= 11 is 0. The molecule has 0 aromatic carbocycles. The number of carbonyl (C=O) groups excluding carboxylic acids is 3. The van der Waals surface area contributed by atoms with E-state index in [-0.39, 0.29) is 24.9 Å². The lowest BCUT2D eigenvalue weighted by atomic mass is 9.82. The van der Waals surface area contributed by atoms with Gasteiger partial charge in [0.2, 0.25) is 6.41 Å². The Balaban J connectivity index is 5.86. The summed E-state index contributed by atoms with van der Waals surface area (Å²) in [5.74, 6) is -2.23. The van der Waals surface area contributed by atoms with Crippen LogP contribution < -0.4 is 0 Å². The molecule has 0 aliphatic rings. The van der Waals surface area contributed by atoms with E-state index >= 15 is 0 Å². The summed E-state index contributed by atoms with van der Waals surface area (Å²) in [6, 6.07) is -0.489. The van der Waals surface area contributed by atoms with E-state index < -0.39 is 54.2 Å². The SMILES string of the molecule is CC(=O)O[C@@H]([C@H](C)[C@@H](CC[C@H](C)[C@H](O)[C@H](C)[C@@H](O)CCO)OC(=O)[C@H](C)N(C)C)[C@H](C)/C=C/N(C)C=O. The molecule has 10 nitrogen and oxygen atoms in total. The Morgan fingerprint density at radius 1 is 0.919 bits per heavy atom. The largest absolute Gasteiger partial charge is 0.462 e. The van der Waals surface area contributed by atoms with Gasteiger partial charge in [-0.2, -0.15) is 0 Å². The lowest BCUT2D eigenvalue weighted by Gasteiger charge is -2.35. The zero-order valence-corrected chi connectivity index (χ0v) is 24.0. The molecule has 1 amide bonds. The number of carbonyl (C=O) groups is 3. The van der Waals surface area contributed by atoms with Crippen molar-refractivity contribution in [1.29, 1.82) is 0 Å². The van der Waals surface area contributed by atoms with Gasteiger partial charge in [0, 0.05) is 44.5 Å². The van der Waals surface area contributed by atoms with Crippen molar-refractivity contribution in [3.8, 4) is 0 Å². The molecule has 0 heterocycles. The van der Waals surface area contributed by atoms with Gasteiger partial charge in [0.25, 0.3) is 0 Å². The predicted molar refractivity (Wildman–Crippen MR) is 141 cm³/mol. The van der Waals surface area contributed by atoms with Gasteiger partial charge in [0.1, 0.15) is 18.2 Å². The topological polar surface area (TPSA) is 137 Å². The molecule has 9 atom stereocenters. The van der Waals surface area contributed by atoms with Crippen LogP contribution >= 0.6 is 0 Å². The van der Waals surface area contributed by atoms with Gasteiger partial charge >= 0.3 is 11.9 Å². The highest BCUT2D eigenvalue weighted by Crippen LogP contribution is 2.29. The van der Waals surface area contributed by atoms with Gasteiger partial charge in [-0.3, -0.25) is 19.3 Å². The number of hydrogen-bond acceptors (Lipinski definition) is 9. The second-order valence-corrected chi connectivity index (χ2v) is 10.5. The maximum atomic E-state index is 12.9. The molecule has 216 valence electrons. The normalized spacial score (nSPS) is 19.3. The Labute approximate surface area is 222 Å². The van der Waals surface area contributed by atoms with E-state index in [1.165, 1.54) is 11.8 Å². The van der Waals surface area contributed by atoms with Crippen LogP contribution in [0.15, 0.2) is 12.3 Å². The molecule has 37 heavy (non-hydrogen) atoms. The van der Waals surface area contributed by atoms with Crippen LogP contribution in [-0.2, 0) is 23.9 Å². The Morgan fingerprint density at radius 3 is 2.00 bits per heavy atom. The van der Waals surface area contributed by atoms with Gasteiger partial charge in [0.15, 0.2) is 0 Å². The monoisotopic (exact) mass is 530 g/mol. The molecule has 0 aliphatic carbocycles. The van der Waals surface area contributed by atoms with E-state index in [1.807, 2.05) is 20.8 Å². The molecule has 0 aromatic heterocycles. The Kier molecular flexibility index (Phi) is 16.5. The summed E-state index contributed by atoms with van der Waals surface area (Å²) in [5, 5.41) is 30.1. The maximum Gasteiger partial charge on any atom is 0.323 e. The van der Waals surface area contributed by atoms with Crippen molar-refractivity contribution < 1.29 is 39.2 Å². The predicted octanol–water partition coefficient (Wildman–Crippen LogP) is 1.81. The van der Waals surface area contributed by atoms with Crippen molar-refractivity contribution in [2.45, 2.75) is 91.3 Å². The van der Waals surface area contributed by atoms with Gasteiger partial charge in [-0.25, -0.2) is 0 Å². The fourth-order valence-corrected chi connectivity index (χ4v) is 4.14. The van der Waals surface area contributed by atoms with Crippen LogP contribution in [0.25, 0.3) is 0 Å². The van der Waals surface area contributed by atoms with Gasteiger partial charge in [0.05, 0.1) is 12.2 Å². The highest BCUT2D eigenvalue weighted by Gasteiger charge is 2.36. The summed E-state index contributed by atoms with van der Waals surface area (Å²) in [6.07, 6.45) is 2.17. The molecule has 0 saturated carbocycles. The van der Waals surface area contributed by atoms with Crippen molar-refractivity contribution in [2.24, 2.45) is 23.7 Å². The van der Waals surface area contributed by atoms with Crippen LogP contribution in [0.1, 0.15) is 60.8 Å². The van der Waals surface area contributed by atoms with Crippen LogP contribution in [0.2, 0.25) is 0 Å². The van der Waals surface area contributed by atoms with E-state index in [4.69, 9.17) is 14.6 Å². The highest BCUT2D eigenvalue weighted by atomic mass is 16.6. The zero-order valence-electron chi connectivity index (χ0n) is 24.0. The van der Waals surface area contributed by atoms with Crippen LogP contribution in [0, 0.1) is 23.7 Å². The number of aliphatic hydroxyl groups is 3. The van der Waals surface area contributed by atoms with Crippen LogP contribution in [0.5, 0.6) is 0 Å². The minimum atomic E-state index is -0.832. The summed E-state index contributed by atoms with van der Waals surface area (Å²) in [6.45, 7) is 10.2. The van der Waals surface area contributed by atoms with Crippen LogP contribution in [0.4, 0.5) is 0 Å². The molecule has 3 N–H and O–H groups in total. The first-order valence-corrected chi connectivity index (χ1v) is 13.0. The average Bonchev–Trinajstić information content (AvgIpc) is 2.85. The summed E-state index contributed by atoms with van der Waals surface area (Å²) < 4.78 is 11.6. The standard InChI is InChI=1S/C27H50N2O8/c1-17(25(34)19(3)23(33)13-15-30)10-11-24(37-27(35)21(5)28(7)8)20(4)26(36-22(6)32)18(2)12-14-29(9)16-31/h12,14,16-21,23-26,30,33-34H,10-11,13,15H2,1-9H3/b14-12+/t17-,18+,19+,20+,21-,23-,24+,25-,26+/m0/s1. The minimum absolute atomic E-state index is 0.168. The van der Waals surface area contributed by atoms with Crippen molar-refractivity contribution in [3.63, 3.8) is 0 Å². The van der Waals surface area contributed by atoms with E-state index in [2.05, 4.69) is 0 Å². The first kappa shape index (κ1) is 35.0. The molecule has 0 unspecified atom stereocenters. The molecule has 10 heteroatoms. The Bertz CT molecular complexity index is 717. The zero-order chi connectivity index (χ0) is 28.9. The maximum absolute atomic E-state index is 12.9. The van der Waals surface area contributed by atoms with Gasteiger partial charge < -0.3 is 29.7 Å². The molecule has 0 fully saturated rings. The number of aliphatic hydroxyl groups excluding tert-OH is 3. The van der Waals surface area contributed by atoms with E-state index in [0.29, 0.717) is 19.3 Å². The third kappa shape index (κ3) is 12.4. The average molecular weight is 531 g/mol. The number of rotatable bonds is 18. The Hall–Kier alpha value is -2.01. The van der Waals surface area contributed by atoms with Crippen molar-refractivity contribution in [2.75, 3.05) is 27.7 Å². The molecule has 0 spiro atoms. The third-order valence-corrected chi connectivity index (χ3v) is 7.16. The van der Waals surface area contributed by atoms with E-state index in [1.54, 1.807) is 52.2 Å². The first-order chi connectivity index (χ1) is 17.2. The number of nitrogens with zero attached hydrogens (tertiary/aromatic N) is 2. The van der Waals surface area contributed by atoms with E-state index in [9.17, 15) is 24.6 Å². The molecule has 0 saturated heterocycles. The number of esters is 2. The fraction of sp³-hybridized carbons (Fsp3) is 0.815. The Morgan fingerprint density at radius 2 is 1.51 bits per heavy atom. The molecule has 0 radical (unpaired) electrons. The molecule has 0 aliphatic heterocycles. The van der Waals surface area contributed by atoms with Crippen molar-refractivity contribution in [1.82, 2.24) is 9.80 Å². The molecule has 0 aromatic rings. The van der Waals surface area contributed by atoms with Crippen molar-refractivity contribution >= 4 is 18.3 Å². The number of likely N-dealkylation sites (N-methyl/N-ethyl adjacent to an activating group) is 1. The van der Waals surface area contributed by atoms with Crippen LogP contribution in [-0.4, -0.2) is 102 Å². The molecular formula is C27H50N2O8. The molecule has 0 rings (SSSR count). The van der Waals surface area contributed by atoms with Gasteiger partial charge in [-0.1, -0.05) is 33.8 Å². The molecule has 0 bridgehead atoms. The smallest absolute Gasteiger partial charge is 0.323 e. The van der Waals surface area contributed by atoms with Crippen molar-refractivity contribution in [3.05, 3.63) is 12.3 Å². The number of hydrogen-bond donors (Lipinski definition) is 3. The summed E-state index contributed by atoms with van der Waals surface area (Å²) in [5.41, 5.74) is 0. The first-order valence-electron chi connectivity index (χ1n) is 13.0. The lowest BCUT2D eigenvalue weighted by Crippen LogP contribution is -2.43. The number of ether oxygens (including phenoxy) is 2. The second-order valence-electron chi connectivity index (χ2n) is 10.5. The highest BCUT2D eigenvalue weighted by molar-refractivity contribution is 5.75. The second kappa shape index (κ2) is 17.5. The van der Waals surface area contributed by atoms with Crippen LogP contribution in [0.3, 0.4) is 0 Å². The number of amides is 1. The summed E-state index contributed by atoms with van der Waals surface area (Å²) in [7, 11) is 5.15. The quantitative estimate of drug-likeness (QED) is 0.179.